The van der Waals surface area contributed by atoms with Crippen molar-refractivity contribution < 1.29 is 5.11 Å². The average Bonchev–Trinajstić information content (AvgIpc) is 3.09. The van der Waals surface area contributed by atoms with Gasteiger partial charge in [0.15, 0.2) is 17.5 Å². The summed E-state index contributed by atoms with van der Waals surface area (Å²) in [5.74, 6) is 2.21. The molecule has 0 unspecified atom stereocenters. The summed E-state index contributed by atoms with van der Waals surface area (Å²) in [5, 5.41) is 21.7. The monoisotopic (exact) mass is 419 g/mol. The summed E-state index contributed by atoms with van der Waals surface area (Å²) in [4.78, 5) is 4.51. The number of nitrogens with zero attached hydrogens (tertiary/aromatic N) is 4. The van der Waals surface area contributed by atoms with Crippen LogP contribution in [0, 0.1) is 0 Å². The van der Waals surface area contributed by atoms with Gasteiger partial charge in [0.05, 0.1) is 18.0 Å². The quantitative estimate of drug-likeness (QED) is 0.445. The molecular weight excluding hydrogens is 406 g/mol. The Morgan fingerprint density at radius 3 is 2.63 bits per heavy atom. The number of nitrogens with one attached hydrogen (secondary N) is 1. The zero-order valence-electron chi connectivity index (χ0n) is 14.1. The molecule has 5 rings (SSSR count). The van der Waals surface area contributed by atoms with Crippen LogP contribution in [0.3, 0.4) is 0 Å². The van der Waals surface area contributed by atoms with E-state index in [0.717, 1.165) is 50.0 Å². The van der Waals surface area contributed by atoms with Gasteiger partial charge in [0.25, 0.3) is 0 Å². The molecule has 0 fully saturated rings. The second kappa shape index (κ2) is 6.29. The topological polar surface area (TPSA) is 75.9 Å². The van der Waals surface area contributed by atoms with E-state index in [2.05, 4.69) is 36.4 Å². The van der Waals surface area contributed by atoms with E-state index in [1.807, 2.05) is 59.2 Å². The molecule has 4 aromatic rings. The minimum Gasteiger partial charge on any atom is -0.392 e. The van der Waals surface area contributed by atoms with Crippen LogP contribution in [0.15, 0.2) is 65.3 Å². The molecule has 2 N–H and O–H groups in total. The number of aliphatic hydroxyl groups is 1. The van der Waals surface area contributed by atoms with Crippen LogP contribution in [-0.4, -0.2) is 24.9 Å². The number of benzene rings is 2. The van der Waals surface area contributed by atoms with E-state index < -0.39 is 0 Å². The summed E-state index contributed by atoms with van der Waals surface area (Å²) in [5.41, 5.74) is 4.51. The van der Waals surface area contributed by atoms with E-state index in [1.54, 1.807) is 6.20 Å². The Labute approximate surface area is 163 Å². The average molecular weight is 420 g/mol. The Bertz CT molecular complexity index is 1150. The van der Waals surface area contributed by atoms with Crippen molar-refractivity contribution in [2.24, 2.45) is 0 Å². The van der Waals surface area contributed by atoms with E-state index >= 15 is 0 Å². The summed E-state index contributed by atoms with van der Waals surface area (Å²) in [6, 6.07) is 17.6. The van der Waals surface area contributed by atoms with Gasteiger partial charge in [0.2, 0.25) is 0 Å². The summed E-state index contributed by atoms with van der Waals surface area (Å²) >= 11 is 3.55. The van der Waals surface area contributed by atoms with Crippen molar-refractivity contribution in [2.75, 3.05) is 5.32 Å². The lowest BCUT2D eigenvalue weighted by molar-refractivity contribution is 0.282. The Morgan fingerprint density at radius 1 is 1.00 bits per heavy atom. The predicted octanol–water partition coefficient (Wildman–Crippen LogP) is 4.31. The second-order valence-corrected chi connectivity index (χ2v) is 7.14. The molecule has 0 saturated carbocycles. The predicted molar refractivity (Wildman–Crippen MR) is 107 cm³/mol. The normalized spacial score (nSPS) is 11.8. The molecule has 7 heteroatoms. The third-order valence-corrected chi connectivity index (χ3v) is 5.05. The van der Waals surface area contributed by atoms with Crippen molar-refractivity contribution in [3.63, 3.8) is 0 Å². The van der Waals surface area contributed by atoms with Gasteiger partial charge in [-0.25, -0.2) is 4.98 Å². The van der Waals surface area contributed by atoms with Crippen LogP contribution in [0.2, 0.25) is 0 Å². The molecule has 0 atom stereocenters. The maximum atomic E-state index is 9.30. The van der Waals surface area contributed by atoms with E-state index in [-0.39, 0.29) is 6.61 Å². The first kappa shape index (κ1) is 16.2. The van der Waals surface area contributed by atoms with Gasteiger partial charge >= 0.3 is 0 Å². The fourth-order valence-corrected chi connectivity index (χ4v) is 3.61. The highest BCUT2D eigenvalue weighted by Crippen LogP contribution is 2.40. The zero-order chi connectivity index (χ0) is 18.4. The fraction of sp³-hybridized carbons (Fsp3) is 0.0500. The van der Waals surface area contributed by atoms with Gasteiger partial charge < -0.3 is 10.4 Å². The molecule has 0 amide bonds. The van der Waals surface area contributed by atoms with Crippen molar-refractivity contribution in [2.45, 2.75) is 6.61 Å². The lowest BCUT2D eigenvalue weighted by atomic mass is 10.1. The molecule has 2 aromatic carbocycles. The highest BCUT2D eigenvalue weighted by molar-refractivity contribution is 9.10. The summed E-state index contributed by atoms with van der Waals surface area (Å²) in [6.45, 7) is 0.0102. The van der Waals surface area contributed by atoms with Crippen LogP contribution in [0.25, 0.3) is 28.5 Å². The number of hydrogen-bond acceptors (Lipinski definition) is 5. The highest BCUT2D eigenvalue weighted by atomic mass is 79.9. The van der Waals surface area contributed by atoms with Gasteiger partial charge in [0, 0.05) is 21.8 Å². The number of aromatic nitrogens is 4. The fourth-order valence-electron chi connectivity index (χ4n) is 3.24. The van der Waals surface area contributed by atoms with Gasteiger partial charge in [-0.05, 0) is 35.9 Å². The molecule has 1 aliphatic heterocycles. The number of pyridine rings is 1. The van der Waals surface area contributed by atoms with Gasteiger partial charge in [-0.15, -0.1) is 10.2 Å². The molecule has 0 spiro atoms. The third-order valence-electron chi connectivity index (χ3n) is 4.56. The lowest BCUT2D eigenvalue weighted by Crippen LogP contribution is -2.02. The molecule has 0 bridgehead atoms. The molecule has 27 heavy (non-hydrogen) atoms. The van der Waals surface area contributed by atoms with Gasteiger partial charge in [-0.3, -0.25) is 4.57 Å². The summed E-state index contributed by atoms with van der Waals surface area (Å²) < 4.78 is 2.98. The van der Waals surface area contributed by atoms with Crippen molar-refractivity contribution in [3.8, 4) is 28.5 Å². The standard InChI is InChI=1S/C20H14BrN5O/c21-14-7-8-16-15(10-14)20-25-24-19(13-5-3-12(11-27)4-6-13)26(20)17-2-1-9-22-18(17)23-16/h1-10,27H,11H2,(H,22,23). The smallest absolute Gasteiger partial charge is 0.171 e. The molecule has 2 aromatic heterocycles. The van der Waals surface area contributed by atoms with E-state index in [0.29, 0.717) is 0 Å². The molecule has 3 heterocycles. The van der Waals surface area contributed by atoms with Crippen molar-refractivity contribution in [1.82, 2.24) is 19.7 Å². The summed E-state index contributed by atoms with van der Waals surface area (Å²) in [6.07, 6.45) is 1.76. The van der Waals surface area contributed by atoms with E-state index in [1.165, 1.54) is 0 Å². The van der Waals surface area contributed by atoms with Crippen molar-refractivity contribution >= 4 is 27.4 Å². The SMILES string of the molecule is OCc1ccc(-c2nnc3n2-c2cccnc2Nc2ccc(Br)cc2-3)cc1. The van der Waals surface area contributed by atoms with Gasteiger partial charge in [-0.1, -0.05) is 40.2 Å². The van der Waals surface area contributed by atoms with Crippen LogP contribution in [-0.2, 0) is 6.61 Å². The van der Waals surface area contributed by atoms with Gasteiger partial charge in [0.1, 0.15) is 0 Å². The van der Waals surface area contributed by atoms with E-state index in [9.17, 15) is 5.11 Å². The van der Waals surface area contributed by atoms with Crippen LogP contribution in [0.5, 0.6) is 0 Å². The Morgan fingerprint density at radius 2 is 1.81 bits per heavy atom. The van der Waals surface area contributed by atoms with Crippen LogP contribution >= 0.6 is 15.9 Å². The number of rotatable bonds is 2. The maximum Gasteiger partial charge on any atom is 0.171 e. The zero-order valence-corrected chi connectivity index (χ0v) is 15.7. The first-order chi connectivity index (χ1) is 13.2. The number of aliphatic hydroxyl groups excluding tert-OH is 1. The molecule has 132 valence electrons. The van der Waals surface area contributed by atoms with Gasteiger partial charge in [-0.2, -0.15) is 0 Å². The Kier molecular flexibility index (Phi) is 3.77. The number of anilines is 2. The first-order valence-electron chi connectivity index (χ1n) is 8.42. The summed E-state index contributed by atoms with van der Waals surface area (Å²) in [7, 11) is 0. The minimum atomic E-state index is 0.0102. The highest BCUT2D eigenvalue weighted by Gasteiger charge is 2.25. The van der Waals surface area contributed by atoms with Crippen LogP contribution in [0.1, 0.15) is 5.56 Å². The molecule has 6 nitrogen and oxygen atoms in total. The Hall–Kier alpha value is -3.03. The number of hydrogen-bond donors (Lipinski definition) is 2. The molecule has 0 saturated heterocycles. The largest absolute Gasteiger partial charge is 0.392 e. The van der Waals surface area contributed by atoms with E-state index in [4.69, 9.17) is 0 Å². The van der Waals surface area contributed by atoms with Crippen LogP contribution in [0.4, 0.5) is 11.5 Å². The molecule has 0 radical (unpaired) electrons. The molecular formula is C20H14BrN5O. The van der Waals surface area contributed by atoms with Crippen molar-refractivity contribution in [1.29, 1.82) is 0 Å². The molecule has 0 aliphatic carbocycles. The minimum absolute atomic E-state index is 0.0102. The molecule has 1 aliphatic rings. The Balaban J connectivity index is 1.80. The number of halogens is 1. The maximum absolute atomic E-state index is 9.30. The third kappa shape index (κ3) is 2.63. The number of fused-ring (bicyclic) bond motifs is 5. The second-order valence-electron chi connectivity index (χ2n) is 6.22. The lowest BCUT2D eigenvalue weighted by Gasteiger charge is -2.11. The van der Waals surface area contributed by atoms with Crippen LogP contribution < -0.4 is 5.32 Å². The first-order valence-corrected chi connectivity index (χ1v) is 9.22. The van der Waals surface area contributed by atoms with Crippen molar-refractivity contribution in [3.05, 3.63) is 70.8 Å².